The van der Waals surface area contributed by atoms with Gasteiger partial charge in [-0.3, -0.25) is 0 Å². The fraction of sp³-hybridized carbons (Fsp3) is 0.154. The maximum absolute atomic E-state index is 13.0. The summed E-state index contributed by atoms with van der Waals surface area (Å²) < 4.78 is 18.3. The number of nitrogens with zero attached hydrogens (tertiary/aromatic N) is 1. The third-order valence-corrected chi connectivity index (χ3v) is 1.89. The normalized spacial score (nSPS) is 12.4. The lowest BCUT2D eigenvalue weighted by Crippen LogP contribution is -2.00. The van der Waals surface area contributed by atoms with E-state index in [4.69, 9.17) is 4.74 Å². The second-order valence-electron chi connectivity index (χ2n) is 3.05. The van der Waals surface area contributed by atoms with E-state index in [1.807, 2.05) is 6.07 Å². The van der Waals surface area contributed by atoms with Crippen molar-refractivity contribution in [3.63, 3.8) is 0 Å². The molecule has 0 atom stereocenters. The molecule has 0 aliphatic heterocycles. The summed E-state index contributed by atoms with van der Waals surface area (Å²) in [5.41, 5.74) is 0.668. The number of rotatable bonds is 5. The van der Waals surface area contributed by atoms with Crippen LogP contribution in [0, 0.1) is 0 Å². The Balaban J connectivity index is 2.59. The van der Waals surface area contributed by atoms with Crippen LogP contribution in [0.4, 0.5) is 4.39 Å². The molecule has 0 radical (unpaired) electrons. The van der Waals surface area contributed by atoms with Crippen molar-refractivity contribution in [1.29, 1.82) is 0 Å². The molecule has 1 aromatic heterocycles. The van der Waals surface area contributed by atoms with Gasteiger partial charge in [-0.1, -0.05) is 24.8 Å². The van der Waals surface area contributed by atoms with Gasteiger partial charge < -0.3 is 4.74 Å². The fourth-order valence-corrected chi connectivity index (χ4v) is 1.01. The molecule has 1 heterocycles. The van der Waals surface area contributed by atoms with Gasteiger partial charge in [-0.25, -0.2) is 9.37 Å². The first-order valence-corrected chi connectivity index (χ1v) is 4.95. The van der Waals surface area contributed by atoms with Crippen LogP contribution in [0.1, 0.15) is 6.92 Å². The first-order valence-electron chi connectivity index (χ1n) is 4.95. The average molecular weight is 219 g/mol. The second-order valence-corrected chi connectivity index (χ2v) is 3.05. The minimum absolute atomic E-state index is 0.252. The molecule has 0 spiro atoms. The van der Waals surface area contributed by atoms with Crippen molar-refractivity contribution in [1.82, 2.24) is 4.98 Å². The van der Waals surface area contributed by atoms with Gasteiger partial charge in [0.05, 0.1) is 0 Å². The molecule has 0 bridgehead atoms. The molecule has 0 saturated carbocycles. The minimum Gasteiger partial charge on any atom is -0.473 e. The maximum atomic E-state index is 13.0. The molecule has 1 aromatic rings. The van der Waals surface area contributed by atoms with Gasteiger partial charge in [-0.2, -0.15) is 0 Å². The largest absolute Gasteiger partial charge is 0.473 e. The van der Waals surface area contributed by atoms with Crippen LogP contribution in [0.3, 0.4) is 0 Å². The van der Waals surface area contributed by atoms with Gasteiger partial charge >= 0.3 is 0 Å². The minimum atomic E-state index is -0.306. The molecule has 84 valence electrons. The summed E-state index contributed by atoms with van der Waals surface area (Å²) in [5, 5.41) is 0. The molecule has 3 heteroatoms. The quantitative estimate of drug-likeness (QED) is 0.708. The van der Waals surface area contributed by atoms with E-state index in [9.17, 15) is 4.39 Å². The molecular formula is C13H14FNO. The molecule has 2 nitrogen and oxygen atoms in total. The number of ether oxygens (including phenoxy) is 1. The highest BCUT2D eigenvalue weighted by Crippen LogP contribution is 2.09. The van der Waals surface area contributed by atoms with Crippen LogP contribution in [0.5, 0.6) is 5.88 Å². The molecule has 0 aromatic carbocycles. The molecular weight excluding hydrogens is 205 g/mol. The van der Waals surface area contributed by atoms with Crippen molar-refractivity contribution in [2.45, 2.75) is 6.92 Å². The van der Waals surface area contributed by atoms with Gasteiger partial charge in [-0.15, -0.1) is 0 Å². The number of allylic oxidation sites excluding steroid dienone is 3. The van der Waals surface area contributed by atoms with Crippen LogP contribution in [0.15, 0.2) is 60.6 Å². The lowest BCUT2D eigenvalue weighted by atomic mass is 10.2. The average Bonchev–Trinajstić information content (AvgIpc) is 2.35. The molecule has 0 N–H and O–H groups in total. The second kappa shape index (κ2) is 6.56. The van der Waals surface area contributed by atoms with Gasteiger partial charge in [0.25, 0.3) is 0 Å². The lowest BCUT2D eigenvalue weighted by molar-refractivity contribution is 0.341. The Morgan fingerprint density at radius 2 is 2.38 bits per heavy atom. The van der Waals surface area contributed by atoms with E-state index >= 15 is 0 Å². The fourth-order valence-electron chi connectivity index (χ4n) is 1.01. The summed E-state index contributed by atoms with van der Waals surface area (Å²) in [4.78, 5) is 3.99. The number of halogens is 1. The summed E-state index contributed by atoms with van der Waals surface area (Å²) in [7, 11) is 0. The molecule has 0 unspecified atom stereocenters. The Morgan fingerprint density at radius 1 is 1.56 bits per heavy atom. The van der Waals surface area contributed by atoms with E-state index in [1.54, 1.807) is 31.3 Å². The lowest BCUT2D eigenvalue weighted by Gasteiger charge is -2.04. The number of pyridine rings is 1. The number of aromatic nitrogens is 1. The molecule has 0 fully saturated rings. The van der Waals surface area contributed by atoms with E-state index in [0.29, 0.717) is 11.5 Å². The Kier molecular flexibility index (Phi) is 4.99. The van der Waals surface area contributed by atoms with Crippen LogP contribution >= 0.6 is 0 Å². The van der Waals surface area contributed by atoms with E-state index in [1.165, 1.54) is 12.2 Å². The summed E-state index contributed by atoms with van der Waals surface area (Å²) >= 11 is 0. The predicted molar refractivity (Wildman–Crippen MR) is 62.9 cm³/mol. The summed E-state index contributed by atoms with van der Waals surface area (Å²) in [5.74, 6) is 0.204. The Hall–Kier alpha value is -1.90. The molecule has 16 heavy (non-hydrogen) atoms. The molecule has 0 aliphatic carbocycles. The number of hydrogen-bond donors (Lipinski definition) is 0. The van der Waals surface area contributed by atoms with Crippen molar-refractivity contribution in [3.05, 3.63) is 60.6 Å². The Bertz CT molecular complexity index is 396. The highest BCUT2D eigenvalue weighted by Gasteiger charge is 1.97. The van der Waals surface area contributed by atoms with Gasteiger partial charge in [0.15, 0.2) is 0 Å². The standard InChI is InChI=1S/C13H14FNO/c1-3-11(9-12(14)4-2)10-16-13-7-5-6-8-15-13/h3-9H,1,10H2,2H3/b11-9+,12-4+. The third-order valence-electron chi connectivity index (χ3n) is 1.89. The van der Waals surface area contributed by atoms with Crippen molar-refractivity contribution >= 4 is 0 Å². The Labute approximate surface area is 94.8 Å². The first-order chi connectivity index (χ1) is 7.76. The molecule has 0 saturated heterocycles. The highest BCUT2D eigenvalue weighted by atomic mass is 19.1. The van der Waals surface area contributed by atoms with E-state index in [-0.39, 0.29) is 12.4 Å². The monoisotopic (exact) mass is 219 g/mol. The van der Waals surface area contributed by atoms with Crippen molar-refractivity contribution in [2.75, 3.05) is 6.61 Å². The SMILES string of the molecule is C=C/C(=C\C(F)=C/C)COc1ccccn1. The zero-order valence-corrected chi connectivity index (χ0v) is 9.19. The van der Waals surface area contributed by atoms with Crippen LogP contribution in [0.2, 0.25) is 0 Å². The molecule has 0 amide bonds. The van der Waals surface area contributed by atoms with Gasteiger partial charge in [-0.05, 0) is 24.6 Å². The smallest absolute Gasteiger partial charge is 0.213 e. The zero-order chi connectivity index (χ0) is 11.8. The van der Waals surface area contributed by atoms with Crippen molar-refractivity contribution < 1.29 is 9.13 Å². The van der Waals surface area contributed by atoms with Gasteiger partial charge in [0, 0.05) is 12.3 Å². The maximum Gasteiger partial charge on any atom is 0.213 e. The molecule has 1 rings (SSSR count). The third kappa shape index (κ3) is 4.09. The first kappa shape index (κ1) is 12.2. The van der Waals surface area contributed by atoms with Crippen LogP contribution in [0.25, 0.3) is 0 Å². The van der Waals surface area contributed by atoms with E-state index in [0.717, 1.165) is 0 Å². The predicted octanol–water partition coefficient (Wildman–Crippen LogP) is 3.45. The van der Waals surface area contributed by atoms with Crippen LogP contribution in [-0.2, 0) is 0 Å². The van der Waals surface area contributed by atoms with Gasteiger partial charge in [0.1, 0.15) is 12.4 Å². The summed E-state index contributed by atoms with van der Waals surface area (Å²) in [6.07, 6.45) is 5.96. The van der Waals surface area contributed by atoms with E-state index in [2.05, 4.69) is 11.6 Å². The van der Waals surface area contributed by atoms with Crippen molar-refractivity contribution in [3.8, 4) is 5.88 Å². The number of hydrogen-bond acceptors (Lipinski definition) is 2. The van der Waals surface area contributed by atoms with Crippen LogP contribution in [-0.4, -0.2) is 11.6 Å². The highest BCUT2D eigenvalue weighted by molar-refractivity contribution is 5.26. The van der Waals surface area contributed by atoms with Crippen molar-refractivity contribution in [2.24, 2.45) is 0 Å². The van der Waals surface area contributed by atoms with E-state index < -0.39 is 0 Å². The topological polar surface area (TPSA) is 22.1 Å². The van der Waals surface area contributed by atoms with Gasteiger partial charge in [0.2, 0.25) is 5.88 Å². The summed E-state index contributed by atoms with van der Waals surface area (Å²) in [6, 6.07) is 5.37. The Morgan fingerprint density at radius 3 is 2.94 bits per heavy atom. The van der Waals surface area contributed by atoms with Crippen LogP contribution < -0.4 is 4.74 Å². The zero-order valence-electron chi connectivity index (χ0n) is 9.19. The summed E-state index contributed by atoms with van der Waals surface area (Å²) in [6.45, 7) is 5.48. The molecule has 0 aliphatic rings.